The van der Waals surface area contributed by atoms with Crippen LogP contribution in [0.4, 0.5) is 0 Å². The fourth-order valence-corrected chi connectivity index (χ4v) is 0.534. The number of carboxylic acid groups (broad SMARTS) is 1. The summed E-state index contributed by atoms with van der Waals surface area (Å²) in [5.74, 6) is -0.887. The van der Waals surface area contributed by atoms with Crippen LogP contribution in [0.5, 0.6) is 0 Å². The molecular formula is C11H22O3. The van der Waals surface area contributed by atoms with Gasteiger partial charge in [-0.05, 0) is 19.3 Å². The van der Waals surface area contributed by atoms with Gasteiger partial charge in [-0.1, -0.05) is 32.9 Å². The fourth-order valence-electron chi connectivity index (χ4n) is 0.534. The first-order valence-electron chi connectivity index (χ1n) is 5.08. The van der Waals surface area contributed by atoms with E-state index in [2.05, 4.69) is 13.0 Å². The zero-order valence-corrected chi connectivity index (χ0v) is 9.36. The Kier molecular flexibility index (Phi) is 13.6. The van der Waals surface area contributed by atoms with E-state index in [0.717, 1.165) is 19.3 Å². The predicted molar refractivity (Wildman–Crippen MR) is 58.2 cm³/mol. The Morgan fingerprint density at radius 3 is 2.14 bits per heavy atom. The minimum absolute atomic E-state index is 0.181. The van der Waals surface area contributed by atoms with Gasteiger partial charge < -0.3 is 10.2 Å². The van der Waals surface area contributed by atoms with E-state index in [-0.39, 0.29) is 12.5 Å². The molecule has 0 aliphatic rings. The summed E-state index contributed by atoms with van der Waals surface area (Å²) in [4.78, 5) is 9.93. The molecule has 0 aromatic heterocycles. The average molecular weight is 202 g/mol. The molecule has 3 heteroatoms. The van der Waals surface area contributed by atoms with Crippen molar-refractivity contribution in [3.05, 3.63) is 12.2 Å². The van der Waals surface area contributed by atoms with Gasteiger partial charge in [0.05, 0.1) is 5.92 Å². The van der Waals surface area contributed by atoms with Crippen LogP contribution >= 0.6 is 0 Å². The summed E-state index contributed by atoms with van der Waals surface area (Å²) in [6.07, 6.45) is 6.62. The maximum atomic E-state index is 9.93. The van der Waals surface area contributed by atoms with Crippen molar-refractivity contribution < 1.29 is 15.0 Å². The Labute approximate surface area is 86.5 Å². The van der Waals surface area contributed by atoms with Crippen molar-refractivity contribution in [2.75, 3.05) is 6.61 Å². The highest BCUT2D eigenvalue weighted by atomic mass is 16.4. The Balaban J connectivity index is 0. The summed E-state index contributed by atoms with van der Waals surface area (Å²) in [7, 11) is 0. The van der Waals surface area contributed by atoms with Crippen molar-refractivity contribution in [2.24, 2.45) is 5.92 Å². The zero-order chi connectivity index (χ0) is 11.4. The minimum Gasteiger partial charge on any atom is -0.481 e. The molecule has 2 N–H and O–H groups in total. The third kappa shape index (κ3) is 13.7. The fraction of sp³-hybridized carbons (Fsp3) is 0.727. The van der Waals surface area contributed by atoms with E-state index in [1.54, 1.807) is 6.92 Å². The Morgan fingerprint density at radius 2 is 1.93 bits per heavy atom. The number of aliphatic carboxylic acids is 1. The first kappa shape index (κ1) is 15.6. The van der Waals surface area contributed by atoms with Gasteiger partial charge in [-0.2, -0.15) is 0 Å². The van der Waals surface area contributed by atoms with Gasteiger partial charge in [-0.3, -0.25) is 4.79 Å². The van der Waals surface area contributed by atoms with Crippen LogP contribution < -0.4 is 0 Å². The number of carbonyl (C=O) groups is 1. The number of allylic oxidation sites excluding steroid dienone is 1. The van der Waals surface area contributed by atoms with Gasteiger partial charge in [0.1, 0.15) is 0 Å². The van der Waals surface area contributed by atoms with Crippen molar-refractivity contribution in [3.8, 4) is 0 Å². The molecule has 0 amide bonds. The standard InChI is InChI=1S/C6H12O.C5H10O2/c1-2-3-4-5-6-7;1-3-4(2)5(6)7/h3-4,7H,2,5-6H2,1H3;4H,3H2,1-2H3,(H,6,7). The van der Waals surface area contributed by atoms with E-state index >= 15 is 0 Å². The van der Waals surface area contributed by atoms with Crippen molar-refractivity contribution in [1.29, 1.82) is 0 Å². The molecule has 0 aliphatic heterocycles. The quantitative estimate of drug-likeness (QED) is 0.673. The van der Waals surface area contributed by atoms with Gasteiger partial charge >= 0.3 is 5.97 Å². The lowest BCUT2D eigenvalue weighted by Gasteiger charge is -1.96. The van der Waals surface area contributed by atoms with E-state index in [9.17, 15) is 4.79 Å². The summed E-state index contributed by atoms with van der Waals surface area (Å²) >= 11 is 0. The van der Waals surface area contributed by atoms with E-state index in [1.165, 1.54) is 0 Å². The monoisotopic (exact) mass is 202 g/mol. The summed E-state index contributed by atoms with van der Waals surface area (Å²) in [6.45, 7) is 5.91. The van der Waals surface area contributed by atoms with Crippen molar-refractivity contribution in [2.45, 2.75) is 40.0 Å². The van der Waals surface area contributed by atoms with Gasteiger partial charge in [0.25, 0.3) is 0 Å². The largest absolute Gasteiger partial charge is 0.481 e. The van der Waals surface area contributed by atoms with Crippen LogP contribution in [0.3, 0.4) is 0 Å². The van der Waals surface area contributed by atoms with Crippen LogP contribution in [0.1, 0.15) is 40.0 Å². The van der Waals surface area contributed by atoms with E-state index in [1.807, 2.05) is 13.0 Å². The van der Waals surface area contributed by atoms with Crippen LogP contribution in [-0.2, 0) is 4.79 Å². The molecule has 0 aromatic rings. The molecule has 84 valence electrons. The molecule has 0 radical (unpaired) electrons. The van der Waals surface area contributed by atoms with Gasteiger partial charge in [-0.25, -0.2) is 0 Å². The summed E-state index contributed by atoms with van der Waals surface area (Å²) in [6, 6.07) is 0. The van der Waals surface area contributed by atoms with Crippen molar-refractivity contribution in [1.82, 2.24) is 0 Å². The van der Waals surface area contributed by atoms with Crippen LogP contribution in [0.15, 0.2) is 12.2 Å². The molecule has 0 bridgehead atoms. The van der Waals surface area contributed by atoms with E-state index in [4.69, 9.17) is 10.2 Å². The topological polar surface area (TPSA) is 57.5 Å². The number of hydrogen-bond donors (Lipinski definition) is 2. The second kappa shape index (κ2) is 12.2. The second-order valence-corrected chi connectivity index (χ2v) is 3.04. The maximum Gasteiger partial charge on any atom is 0.306 e. The molecular weight excluding hydrogens is 180 g/mol. The predicted octanol–water partition coefficient (Wildman–Crippen LogP) is 2.45. The smallest absolute Gasteiger partial charge is 0.306 e. The molecule has 0 spiro atoms. The van der Waals surface area contributed by atoms with Crippen LogP contribution in [0, 0.1) is 5.92 Å². The maximum absolute atomic E-state index is 9.93. The first-order chi connectivity index (χ1) is 6.59. The molecule has 1 atom stereocenters. The number of aliphatic hydroxyl groups excluding tert-OH is 1. The number of carboxylic acids is 1. The lowest BCUT2D eigenvalue weighted by Crippen LogP contribution is -2.06. The summed E-state index contributed by atoms with van der Waals surface area (Å²) in [5.41, 5.74) is 0. The second-order valence-electron chi connectivity index (χ2n) is 3.04. The SMILES string of the molecule is CCC(C)C(=O)O.CCC=CCCO. The van der Waals surface area contributed by atoms with Crippen molar-refractivity contribution >= 4 is 5.97 Å². The molecule has 0 rings (SSSR count). The molecule has 0 saturated carbocycles. The van der Waals surface area contributed by atoms with Gasteiger partial charge in [0.2, 0.25) is 0 Å². The minimum atomic E-state index is -0.706. The molecule has 0 aliphatic carbocycles. The van der Waals surface area contributed by atoms with Gasteiger partial charge in [-0.15, -0.1) is 0 Å². The molecule has 0 aromatic carbocycles. The number of rotatable bonds is 5. The molecule has 1 unspecified atom stereocenters. The van der Waals surface area contributed by atoms with E-state index in [0.29, 0.717) is 0 Å². The Morgan fingerprint density at radius 1 is 1.36 bits per heavy atom. The van der Waals surface area contributed by atoms with Crippen LogP contribution in [-0.4, -0.2) is 22.8 Å². The van der Waals surface area contributed by atoms with E-state index < -0.39 is 5.97 Å². The lowest BCUT2D eigenvalue weighted by molar-refractivity contribution is -0.141. The zero-order valence-electron chi connectivity index (χ0n) is 9.36. The lowest BCUT2D eigenvalue weighted by atomic mass is 10.1. The first-order valence-corrected chi connectivity index (χ1v) is 5.08. The molecule has 0 saturated heterocycles. The molecule has 0 heterocycles. The van der Waals surface area contributed by atoms with Gasteiger partial charge in [0, 0.05) is 6.61 Å². The number of aliphatic hydroxyl groups is 1. The highest BCUT2D eigenvalue weighted by Crippen LogP contribution is 1.97. The average Bonchev–Trinajstić information content (AvgIpc) is 2.18. The normalized spacial score (nSPS) is 12.0. The molecule has 14 heavy (non-hydrogen) atoms. The Bertz CT molecular complexity index is 153. The third-order valence-corrected chi connectivity index (χ3v) is 1.73. The third-order valence-electron chi connectivity index (χ3n) is 1.73. The van der Waals surface area contributed by atoms with Crippen LogP contribution in [0.2, 0.25) is 0 Å². The number of hydrogen-bond acceptors (Lipinski definition) is 2. The molecule has 3 nitrogen and oxygen atoms in total. The summed E-state index contributed by atoms with van der Waals surface area (Å²) in [5, 5.41) is 16.4. The van der Waals surface area contributed by atoms with Gasteiger partial charge in [0.15, 0.2) is 0 Å². The van der Waals surface area contributed by atoms with Crippen LogP contribution in [0.25, 0.3) is 0 Å². The highest BCUT2D eigenvalue weighted by molar-refractivity contribution is 5.69. The molecule has 0 fully saturated rings. The highest BCUT2D eigenvalue weighted by Gasteiger charge is 2.05. The van der Waals surface area contributed by atoms with Crippen molar-refractivity contribution in [3.63, 3.8) is 0 Å². The summed E-state index contributed by atoms with van der Waals surface area (Å²) < 4.78 is 0. The Hall–Kier alpha value is -0.830.